The number of ether oxygens (including phenoxy) is 1. The van der Waals surface area contributed by atoms with Gasteiger partial charge in [0.1, 0.15) is 12.2 Å². The third-order valence-corrected chi connectivity index (χ3v) is 10.4. The number of rotatable bonds is 14. The molecule has 0 bridgehead atoms. The number of carboxylic acid groups (broad SMARTS) is 1. The highest BCUT2D eigenvalue weighted by molar-refractivity contribution is 7.60. The lowest BCUT2D eigenvalue weighted by Gasteiger charge is -2.30. The summed E-state index contributed by atoms with van der Waals surface area (Å²) in [6.07, 6.45) is 7.12. The second-order valence-corrected chi connectivity index (χ2v) is 14.1. The molecule has 0 unspecified atom stereocenters. The number of hydrogen-bond donors (Lipinski definition) is 1. The van der Waals surface area contributed by atoms with Gasteiger partial charge in [-0.25, -0.2) is 4.79 Å². The summed E-state index contributed by atoms with van der Waals surface area (Å²) in [6.45, 7) is 5.68. The molecule has 234 valence electrons. The number of carboxylic acids is 1. The van der Waals surface area contributed by atoms with Gasteiger partial charge in [0.15, 0.2) is 0 Å². The minimum atomic E-state index is -3.60. The van der Waals surface area contributed by atoms with Crippen LogP contribution >= 0.6 is 34.4 Å². The van der Waals surface area contributed by atoms with Gasteiger partial charge in [-0.2, -0.15) is 27.0 Å². The van der Waals surface area contributed by atoms with Crippen LogP contribution < -0.4 is 0 Å². The molecule has 0 aromatic heterocycles. The van der Waals surface area contributed by atoms with Crippen molar-refractivity contribution >= 4 is 52.2 Å². The van der Waals surface area contributed by atoms with Crippen LogP contribution in [0.2, 0.25) is 0 Å². The fourth-order valence-electron chi connectivity index (χ4n) is 5.80. The van der Waals surface area contributed by atoms with Crippen molar-refractivity contribution in [3.63, 3.8) is 0 Å². The second kappa shape index (κ2) is 18.2. The van der Waals surface area contributed by atoms with Crippen LogP contribution in [-0.4, -0.2) is 59.1 Å². The number of nitrogens with zero attached hydrogens (tertiary/aromatic N) is 1. The quantitative estimate of drug-likeness (QED) is 0.110. The lowest BCUT2D eigenvalue weighted by Crippen LogP contribution is -2.42. The summed E-state index contributed by atoms with van der Waals surface area (Å²) in [6, 6.07) is 9.10. The zero-order valence-electron chi connectivity index (χ0n) is 24.8. The molecule has 3 rings (SSSR count). The molecule has 0 spiro atoms. The van der Waals surface area contributed by atoms with E-state index in [0.29, 0.717) is 25.3 Å². The molecule has 2 aliphatic rings. The van der Waals surface area contributed by atoms with E-state index in [1.807, 2.05) is 44.2 Å². The molecule has 1 aromatic rings. The molecule has 1 aliphatic heterocycles. The average molecular weight is 632 g/mol. The highest BCUT2D eigenvalue weighted by Crippen LogP contribution is 2.51. The predicted octanol–water partition coefficient (Wildman–Crippen LogP) is 6.35. The van der Waals surface area contributed by atoms with E-state index in [4.69, 9.17) is 9.26 Å². The Hall–Kier alpha value is -1.48. The zero-order chi connectivity index (χ0) is 28.4. The first-order chi connectivity index (χ1) is 18.6. The van der Waals surface area contributed by atoms with Crippen molar-refractivity contribution < 1.29 is 33.3 Å². The van der Waals surface area contributed by atoms with Gasteiger partial charge in [0, 0.05) is 25.0 Å². The molecule has 2 fully saturated rings. The fraction of sp³-hybridized carbons (Fsp3) is 0.700. The van der Waals surface area contributed by atoms with Gasteiger partial charge >= 0.3 is 11.9 Å². The van der Waals surface area contributed by atoms with Gasteiger partial charge in [-0.3, -0.25) is 18.7 Å². The average Bonchev–Trinajstić information content (AvgIpc) is 3.38. The van der Waals surface area contributed by atoms with E-state index < -0.39 is 37.5 Å². The van der Waals surface area contributed by atoms with Crippen LogP contribution in [0.3, 0.4) is 0 Å². The Morgan fingerprint density at radius 2 is 1.68 bits per heavy atom. The molecule has 1 amide bonds. The summed E-state index contributed by atoms with van der Waals surface area (Å²) in [5.41, 5.74) is 1.18. The number of esters is 1. The molecule has 1 aliphatic carbocycles. The fourth-order valence-corrected chi connectivity index (χ4v) is 8.10. The summed E-state index contributed by atoms with van der Waals surface area (Å²) in [5.74, 6) is -1.61. The lowest BCUT2D eigenvalue weighted by atomic mass is 9.79. The van der Waals surface area contributed by atoms with Crippen LogP contribution in [0.4, 0.5) is 0 Å². The monoisotopic (exact) mass is 631 g/mol. The number of amides is 1. The van der Waals surface area contributed by atoms with Crippen LogP contribution in [0.15, 0.2) is 30.3 Å². The van der Waals surface area contributed by atoms with Gasteiger partial charge in [-0.1, -0.05) is 83.2 Å². The third kappa shape index (κ3) is 11.6. The van der Waals surface area contributed by atoms with E-state index in [1.165, 1.54) is 16.9 Å². The van der Waals surface area contributed by atoms with Crippen LogP contribution in [0.1, 0.15) is 84.1 Å². The molecule has 11 heteroatoms. The first kappa shape index (κ1) is 37.5. The van der Waals surface area contributed by atoms with Gasteiger partial charge in [0.05, 0.1) is 0 Å². The standard InChI is InChI=1S/C30H46NO7P.2H2S/c1-4-28(33)37-30(22(2)3)38-39(36,18-12-11-15-23-13-7-5-8-14-23)21-27(32)31-20-25(19-26(31)29(34)35)24-16-9-6-10-17-24;;/h5,7-8,13-14,22,24-26,30H,4,6,9-12,15-21H2,1-3H3,(H,34,35);2*1H2/t25-,26+,30+,39-;;/m1../s1. The van der Waals surface area contributed by atoms with E-state index in [-0.39, 0.29) is 57.6 Å². The lowest BCUT2D eigenvalue weighted by molar-refractivity contribution is -0.169. The summed E-state index contributed by atoms with van der Waals surface area (Å²) in [7, 11) is -3.60. The highest BCUT2D eigenvalue weighted by Gasteiger charge is 2.44. The Labute approximate surface area is 259 Å². The molecule has 1 aromatic carbocycles. The van der Waals surface area contributed by atoms with Crippen molar-refractivity contribution in [3.8, 4) is 0 Å². The molecule has 1 N–H and O–H groups in total. The van der Waals surface area contributed by atoms with Gasteiger partial charge in [0.2, 0.25) is 19.6 Å². The summed E-state index contributed by atoms with van der Waals surface area (Å²) in [5, 5.41) is 9.92. The maximum Gasteiger partial charge on any atom is 0.326 e. The third-order valence-electron chi connectivity index (χ3n) is 8.07. The number of aliphatic carboxylic acids is 1. The van der Waals surface area contributed by atoms with Gasteiger partial charge in [-0.05, 0) is 43.1 Å². The van der Waals surface area contributed by atoms with Crippen molar-refractivity contribution in [1.82, 2.24) is 4.90 Å². The number of unbranched alkanes of at least 4 members (excludes halogenated alkanes) is 1. The number of carbonyl (C=O) groups excluding carboxylic acids is 2. The molecular formula is C30H50NO7PS2. The van der Waals surface area contributed by atoms with Crippen LogP contribution in [0, 0.1) is 17.8 Å². The Balaban J connectivity index is 0.00000420. The van der Waals surface area contributed by atoms with E-state index in [1.54, 1.807) is 6.92 Å². The molecule has 1 saturated heterocycles. The van der Waals surface area contributed by atoms with Gasteiger partial charge in [0.25, 0.3) is 0 Å². The van der Waals surface area contributed by atoms with Crippen molar-refractivity contribution in [1.29, 1.82) is 0 Å². The van der Waals surface area contributed by atoms with Crippen LogP contribution in [0.5, 0.6) is 0 Å². The van der Waals surface area contributed by atoms with Crippen molar-refractivity contribution in [2.45, 2.75) is 97.3 Å². The summed E-state index contributed by atoms with van der Waals surface area (Å²) in [4.78, 5) is 39.2. The molecule has 1 saturated carbocycles. The Bertz CT molecular complexity index is 1000. The van der Waals surface area contributed by atoms with E-state index in [0.717, 1.165) is 38.5 Å². The Kier molecular flexibility index (Phi) is 16.7. The first-order valence-corrected chi connectivity index (χ1v) is 16.6. The minimum Gasteiger partial charge on any atom is -0.480 e. The maximum atomic E-state index is 14.2. The number of carbonyl (C=O) groups is 3. The van der Waals surface area contributed by atoms with Crippen LogP contribution in [0.25, 0.3) is 0 Å². The highest BCUT2D eigenvalue weighted by atomic mass is 32.1. The zero-order valence-corrected chi connectivity index (χ0v) is 27.7. The second-order valence-electron chi connectivity index (χ2n) is 11.5. The van der Waals surface area contributed by atoms with Gasteiger partial charge in [-0.15, -0.1) is 0 Å². The van der Waals surface area contributed by atoms with Gasteiger partial charge < -0.3 is 14.7 Å². The molecule has 4 atom stereocenters. The number of benzene rings is 1. The summed E-state index contributed by atoms with van der Waals surface area (Å²) >= 11 is 0. The number of aryl methyl sites for hydroxylation is 1. The van der Waals surface area contributed by atoms with Crippen molar-refractivity contribution in [2.75, 3.05) is 18.9 Å². The maximum absolute atomic E-state index is 14.2. The van der Waals surface area contributed by atoms with E-state index >= 15 is 0 Å². The molecule has 0 radical (unpaired) electrons. The van der Waals surface area contributed by atoms with Crippen molar-refractivity contribution in [3.05, 3.63) is 35.9 Å². The molecule has 41 heavy (non-hydrogen) atoms. The number of hydrogen-bond acceptors (Lipinski definition) is 6. The molecule has 8 nitrogen and oxygen atoms in total. The molecular weight excluding hydrogens is 581 g/mol. The topological polar surface area (TPSA) is 110 Å². The van der Waals surface area contributed by atoms with Crippen LogP contribution in [-0.2, 0) is 34.6 Å². The molecule has 1 heterocycles. The largest absolute Gasteiger partial charge is 0.480 e. The Morgan fingerprint density at radius 3 is 2.27 bits per heavy atom. The predicted molar refractivity (Wildman–Crippen MR) is 171 cm³/mol. The first-order valence-electron chi connectivity index (χ1n) is 14.6. The van der Waals surface area contributed by atoms with E-state index in [2.05, 4.69) is 0 Å². The summed E-state index contributed by atoms with van der Waals surface area (Å²) < 4.78 is 25.7. The normalized spacial score (nSPS) is 21.3. The smallest absolute Gasteiger partial charge is 0.326 e. The SMILES string of the molecule is CCC(=O)O[C@@H](O[P@](=O)(CCCCc1ccccc1)CC(=O)N1C[C@H](C2CCCCC2)C[C@H]1C(=O)O)C(C)C.S.S. The number of likely N-dealkylation sites (tertiary alicyclic amines) is 1. The van der Waals surface area contributed by atoms with E-state index in [9.17, 15) is 24.1 Å². The minimum absolute atomic E-state index is 0. The van der Waals surface area contributed by atoms with Crippen molar-refractivity contribution in [2.24, 2.45) is 17.8 Å². The Morgan fingerprint density at radius 1 is 1.02 bits per heavy atom.